The minimum Gasteiger partial charge on any atom is -0.390 e. The van der Waals surface area contributed by atoms with E-state index in [1.165, 1.54) is 6.07 Å². The smallest absolute Gasteiger partial charge is 0.242 e. The van der Waals surface area contributed by atoms with Gasteiger partial charge in [0.25, 0.3) is 0 Å². The second-order valence-electron chi connectivity index (χ2n) is 5.39. The van der Waals surface area contributed by atoms with Crippen molar-refractivity contribution in [3.05, 3.63) is 18.0 Å². The van der Waals surface area contributed by atoms with Crippen molar-refractivity contribution in [3.63, 3.8) is 0 Å². The molecule has 0 fully saturated rings. The van der Waals surface area contributed by atoms with Crippen LogP contribution >= 0.6 is 0 Å². The van der Waals surface area contributed by atoms with E-state index in [0.717, 1.165) is 6.42 Å². The first kappa shape index (κ1) is 18.2. The topological polar surface area (TPSA) is 80.6 Å². The summed E-state index contributed by atoms with van der Waals surface area (Å²) < 4.78 is 33.9. The highest BCUT2D eigenvalue weighted by Gasteiger charge is 2.17. The van der Waals surface area contributed by atoms with E-state index in [1.807, 2.05) is 20.8 Å². The first-order valence-corrected chi connectivity index (χ1v) is 8.76. The zero-order chi connectivity index (χ0) is 15.9. The van der Waals surface area contributed by atoms with E-state index in [4.69, 9.17) is 4.74 Å². The molecule has 0 aliphatic heterocycles. The molecule has 21 heavy (non-hydrogen) atoms. The van der Waals surface area contributed by atoms with Crippen molar-refractivity contribution < 1.29 is 18.3 Å². The van der Waals surface area contributed by atoms with Gasteiger partial charge >= 0.3 is 0 Å². The van der Waals surface area contributed by atoms with E-state index in [1.54, 1.807) is 10.8 Å². The van der Waals surface area contributed by atoms with E-state index >= 15 is 0 Å². The number of aliphatic hydroxyl groups excluding tert-OH is 1. The van der Waals surface area contributed by atoms with Gasteiger partial charge in [-0.25, -0.2) is 13.1 Å². The van der Waals surface area contributed by atoms with E-state index in [-0.39, 0.29) is 18.0 Å². The summed E-state index contributed by atoms with van der Waals surface area (Å²) in [6.45, 7) is 7.79. The van der Waals surface area contributed by atoms with Crippen LogP contribution in [0.5, 0.6) is 0 Å². The molecule has 1 heterocycles. The summed E-state index contributed by atoms with van der Waals surface area (Å²) in [5, 5.41) is 9.27. The van der Waals surface area contributed by atoms with Crippen LogP contribution in [0.4, 0.5) is 0 Å². The number of nitrogens with zero attached hydrogens (tertiary/aromatic N) is 1. The van der Waals surface area contributed by atoms with Crippen LogP contribution in [-0.2, 0) is 27.9 Å². The van der Waals surface area contributed by atoms with Gasteiger partial charge < -0.3 is 14.4 Å². The molecule has 1 aromatic rings. The number of aliphatic hydroxyl groups is 1. The predicted molar refractivity (Wildman–Crippen MR) is 81.5 cm³/mol. The minimum atomic E-state index is -3.55. The SMILES string of the molecule is CCCn1cc(S(=O)(=O)NCCOCC(C)C)cc1CO. The van der Waals surface area contributed by atoms with Crippen molar-refractivity contribution in [1.82, 2.24) is 9.29 Å². The summed E-state index contributed by atoms with van der Waals surface area (Å²) in [4.78, 5) is 0.184. The molecule has 0 spiro atoms. The molecule has 0 aromatic carbocycles. The van der Waals surface area contributed by atoms with Crippen molar-refractivity contribution in [2.45, 2.75) is 45.2 Å². The molecule has 1 aromatic heterocycles. The number of hydrogen-bond acceptors (Lipinski definition) is 4. The van der Waals surface area contributed by atoms with E-state index in [9.17, 15) is 13.5 Å². The standard InChI is InChI=1S/C14H26N2O4S/c1-4-6-16-9-14(8-13(16)10-17)21(18,19)15-5-7-20-11-12(2)3/h8-9,12,15,17H,4-7,10-11H2,1-3H3. The van der Waals surface area contributed by atoms with Gasteiger partial charge in [-0.15, -0.1) is 0 Å². The highest BCUT2D eigenvalue weighted by Crippen LogP contribution is 2.15. The van der Waals surface area contributed by atoms with Crippen LogP contribution in [0, 0.1) is 5.92 Å². The zero-order valence-electron chi connectivity index (χ0n) is 13.0. The lowest BCUT2D eigenvalue weighted by Gasteiger charge is -2.08. The van der Waals surface area contributed by atoms with Gasteiger partial charge in [0.05, 0.1) is 18.1 Å². The third-order valence-electron chi connectivity index (χ3n) is 2.89. The molecule has 0 unspecified atom stereocenters. The maximum Gasteiger partial charge on any atom is 0.242 e. The number of sulfonamides is 1. The highest BCUT2D eigenvalue weighted by molar-refractivity contribution is 7.89. The molecule has 0 aliphatic carbocycles. The average molecular weight is 318 g/mol. The van der Waals surface area contributed by atoms with Gasteiger partial charge in [0.2, 0.25) is 10.0 Å². The number of aromatic nitrogens is 1. The Kier molecular flexibility index (Phi) is 7.37. The van der Waals surface area contributed by atoms with Crippen molar-refractivity contribution in [3.8, 4) is 0 Å². The number of rotatable bonds is 10. The Balaban J connectivity index is 2.61. The van der Waals surface area contributed by atoms with E-state index in [2.05, 4.69) is 4.72 Å². The van der Waals surface area contributed by atoms with Gasteiger partial charge in [-0.05, 0) is 18.4 Å². The summed E-state index contributed by atoms with van der Waals surface area (Å²) in [6.07, 6.45) is 2.43. The van der Waals surface area contributed by atoms with Crippen LogP contribution in [0.3, 0.4) is 0 Å². The Bertz CT molecular complexity index is 523. The predicted octanol–water partition coefficient (Wildman–Crippen LogP) is 1.34. The summed E-state index contributed by atoms with van der Waals surface area (Å²) in [5.41, 5.74) is 0.605. The second-order valence-corrected chi connectivity index (χ2v) is 7.15. The molecule has 2 N–H and O–H groups in total. The lowest BCUT2D eigenvalue weighted by atomic mass is 10.2. The summed E-state index contributed by atoms with van der Waals surface area (Å²) >= 11 is 0. The molecule has 7 heteroatoms. The maximum atomic E-state index is 12.2. The number of hydrogen-bond donors (Lipinski definition) is 2. The molecule has 0 saturated heterocycles. The molecule has 0 atom stereocenters. The van der Waals surface area contributed by atoms with Crippen LogP contribution in [0.2, 0.25) is 0 Å². The molecule has 0 aliphatic rings. The van der Waals surface area contributed by atoms with E-state index in [0.29, 0.717) is 31.4 Å². The Morgan fingerprint density at radius 1 is 1.43 bits per heavy atom. The fourth-order valence-electron chi connectivity index (χ4n) is 1.90. The Morgan fingerprint density at radius 2 is 2.14 bits per heavy atom. The van der Waals surface area contributed by atoms with Crippen molar-refractivity contribution in [2.75, 3.05) is 19.8 Å². The molecule has 0 saturated carbocycles. The molecular formula is C14H26N2O4S. The molecule has 0 amide bonds. The van der Waals surface area contributed by atoms with Crippen LogP contribution in [0.1, 0.15) is 32.9 Å². The highest BCUT2D eigenvalue weighted by atomic mass is 32.2. The monoisotopic (exact) mass is 318 g/mol. The van der Waals surface area contributed by atoms with Crippen LogP contribution in [-0.4, -0.2) is 37.8 Å². The fourth-order valence-corrected chi connectivity index (χ4v) is 2.98. The average Bonchev–Trinajstić information content (AvgIpc) is 2.82. The van der Waals surface area contributed by atoms with E-state index < -0.39 is 10.0 Å². The zero-order valence-corrected chi connectivity index (χ0v) is 13.8. The Morgan fingerprint density at radius 3 is 2.71 bits per heavy atom. The number of aryl methyl sites for hydroxylation is 1. The normalized spacial score (nSPS) is 12.2. The van der Waals surface area contributed by atoms with Gasteiger partial charge in [-0.3, -0.25) is 0 Å². The molecule has 6 nitrogen and oxygen atoms in total. The largest absolute Gasteiger partial charge is 0.390 e. The molecule has 0 radical (unpaired) electrons. The lowest BCUT2D eigenvalue weighted by Crippen LogP contribution is -2.27. The molecular weight excluding hydrogens is 292 g/mol. The quantitative estimate of drug-likeness (QED) is 0.638. The first-order chi connectivity index (χ1) is 9.90. The van der Waals surface area contributed by atoms with Crippen molar-refractivity contribution in [1.29, 1.82) is 0 Å². The fraction of sp³-hybridized carbons (Fsp3) is 0.714. The third kappa shape index (κ3) is 5.78. The maximum absolute atomic E-state index is 12.2. The Labute approximate surface area is 127 Å². The summed E-state index contributed by atoms with van der Waals surface area (Å²) in [5.74, 6) is 0.428. The van der Waals surface area contributed by atoms with Gasteiger partial charge in [-0.2, -0.15) is 0 Å². The van der Waals surface area contributed by atoms with Crippen molar-refractivity contribution >= 4 is 10.0 Å². The van der Waals surface area contributed by atoms with Crippen LogP contribution in [0.15, 0.2) is 17.2 Å². The van der Waals surface area contributed by atoms with Gasteiger partial charge in [-0.1, -0.05) is 20.8 Å². The molecule has 122 valence electrons. The van der Waals surface area contributed by atoms with Gasteiger partial charge in [0, 0.05) is 31.6 Å². The first-order valence-electron chi connectivity index (χ1n) is 7.28. The number of ether oxygens (including phenoxy) is 1. The second kappa shape index (κ2) is 8.53. The van der Waals surface area contributed by atoms with Gasteiger partial charge in [0.15, 0.2) is 0 Å². The van der Waals surface area contributed by atoms with Crippen molar-refractivity contribution in [2.24, 2.45) is 5.92 Å². The van der Waals surface area contributed by atoms with Crippen LogP contribution < -0.4 is 4.72 Å². The lowest BCUT2D eigenvalue weighted by molar-refractivity contribution is 0.114. The molecule has 0 bridgehead atoms. The summed E-state index contributed by atoms with van der Waals surface area (Å²) in [7, 11) is -3.55. The Hall–Kier alpha value is -0.890. The minimum absolute atomic E-state index is 0.174. The molecule has 1 rings (SSSR count). The van der Waals surface area contributed by atoms with Crippen LogP contribution in [0.25, 0.3) is 0 Å². The number of nitrogens with one attached hydrogen (secondary N) is 1. The third-order valence-corrected chi connectivity index (χ3v) is 4.32. The van der Waals surface area contributed by atoms with Gasteiger partial charge in [0.1, 0.15) is 0 Å². The summed E-state index contributed by atoms with van der Waals surface area (Å²) in [6, 6.07) is 1.51.